The molecule has 0 spiro atoms. The molecule has 124 valence electrons. The molecule has 1 aromatic carbocycles. The van der Waals surface area contributed by atoms with Crippen molar-refractivity contribution in [1.29, 1.82) is 0 Å². The SMILES string of the molecule is CC1=C(C(=O)O)C(c2cccc(N)c2)C(c2nc(C)no2)=C(C)N1. The van der Waals surface area contributed by atoms with E-state index in [4.69, 9.17) is 10.3 Å². The molecule has 1 unspecified atom stereocenters. The first-order valence-electron chi connectivity index (χ1n) is 7.46. The molecule has 0 amide bonds. The van der Waals surface area contributed by atoms with Crippen molar-refractivity contribution in [2.24, 2.45) is 0 Å². The first kappa shape index (κ1) is 15.8. The molecule has 1 atom stereocenters. The zero-order valence-corrected chi connectivity index (χ0v) is 13.6. The summed E-state index contributed by atoms with van der Waals surface area (Å²) in [6.07, 6.45) is 0. The summed E-state index contributed by atoms with van der Waals surface area (Å²) in [4.78, 5) is 16.2. The lowest BCUT2D eigenvalue weighted by molar-refractivity contribution is -0.132. The highest BCUT2D eigenvalue weighted by Crippen LogP contribution is 2.43. The molecule has 2 aromatic rings. The van der Waals surface area contributed by atoms with Gasteiger partial charge in [-0.3, -0.25) is 0 Å². The topological polar surface area (TPSA) is 114 Å². The number of nitrogens with two attached hydrogens (primary N) is 1. The van der Waals surface area contributed by atoms with Crippen LogP contribution in [0.4, 0.5) is 5.69 Å². The van der Waals surface area contributed by atoms with E-state index >= 15 is 0 Å². The summed E-state index contributed by atoms with van der Waals surface area (Å²) >= 11 is 0. The molecule has 0 bridgehead atoms. The maximum absolute atomic E-state index is 11.9. The molecule has 4 N–H and O–H groups in total. The number of aryl methyl sites for hydroxylation is 1. The van der Waals surface area contributed by atoms with E-state index in [9.17, 15) is 9.90 Å². The van der Waals surface area contributed by atoms with Crippen molar-refractivity contribution in [2.45, 2.75) is 26.7 Å². The van der Waals surface area contributed by atoms with Crippen LogP contribution in [-0.4, -0.2) is 21.2 Å². The zero-order chi connectivity index (χ0) is 17.4. The minimum atomic E-state index is -1.01. The fourth-order valence-corrected chi connectivity index (χ4v) is 3.04. The number of carboxylic acids is 1. The van der Waals surface area contributed by atoms with Crippen molar-refractivity contribution < 1.29 is 14.4 Å². The van der Waals surface area contributed by atoms with E-state index in [0.29, 0.717) is 28.7 Å². The van der Waals surface area contributed by atoms with Crippen molar-refractivity contribution >= 4 is 17.2 Å². The zero-order valence-electron chi connectivity index (χ0n) is 13.6. The Balaban J connectivity index is 2.25. The van der Waals surface area contributed by atoms with E-state index in [1.54, 1.807) is 32.0 Å². The number of benzene rings is 1. The van der Waals surface area contributed by atoms with E-state index in [2.05, 4.69) is 15.5 Å². The van der Waals surface area contributed by atoms with E-state index in [0.717, 1.165) is 11.3 Å². The first-order chi connectivity index (χ1) is 11.4. The van der Waals surface area contributed by atoms with Crippen LogP contribution in [-0.2, 0) is 4.79 Å². The first-order valence-corrected chi connectivity index (χ1v) is 7.46. The number of dihydropyridines is 1. The maximum atomic E-state index is 11.9. The van der Waals surface area contributed by atoms with E-state index < -0.39 is 11.9 Å². The Morgan fingerprint density at radius 3 is 2.62 bits per heavy atom. The highest BCUT2D eigenvalue weighted by atomic mass is 16.5. The number of hydrogen-bond donors (Lipinski definition) is 3. The Labute approximate surface area is 138 Å². The molecule has 0 fully saturated rings. The summed E-state index contributed by atoms with van der Waals surface area (Å²) in [5.41, 5.74) is 9.45. The number of nitrogen functional groups attached to an aromatic ring is 1. The largest absolute Gasteiger partial charge is 0.478 e. The Hall–Kier alpha value is -3.09. The molecule has 0 saturated heterocycles. The second-order valence-corrected chi connectivity index (χ2v) is 5.76. The van der Waals surface area contributed by atoms with Gasteiger partial charge in [0.25, 0.3) is 5.89 Å². The number of aliphatic carboxylic acids is 1. The molecule has 2 heterocycles. The third-order valence-corrected chi connectivity index (χ3v) is 3.99. The fraction of sp³-hybridized carbons (Fsp3) is 0.235. The van der Waals surface area contributed by atoms with Crippen molar-refractivity contribution in [3.8, 4) is 0 Å². The van der Waals surface area contributed by atoms with Gasteiger partial charge >= 0.3 is 5.97 Å². The van der Waals surface area contributed by atoms with E-state index in [1.807, 2.05) is 13.0 Å². The lowest BCUT2D eigenvalue weighted by Gasteiger charge is -2.29. The summed E-state index contributed by atoms with van der Waals surface area (Å²) in [5, 5.41) is 16.7. The van der Waals surface area contributed by atoms with Crippen LogP contribution in [0.3, 0.4) is 0 Å². The second-order valence-electron chi connectivity index (χ2n) is 5.76. The molecule has 0 saturated carbocycles. The standard InChI is InChI=1S/C17H18N4O3/c1-8-13(16-20-10(3)21-24-16)15(11-5-4-6-12(18)7-11)14(17(22)23)9(2)19-8/h4-7,15,19H,18H2,1-3H3,(H,22,23). The Kier molecular flexibility index (Phi) is 3.84. The number of nitrogens with zero attached hydrogens (tertiary/aromatic N) is 2. The number of carboxylic acid groups (broad SMARTS) is 1. The lowest BCUT2D eigenvalue weighted by atomic mass is 9.80. The normalized spacial score (nSPS) is 17.9. The van der Waals surface area contributed by atoms with Crippen LogP contribution in [0.5, 0.6) is 0 Å². The average Bonchev–Trinajstić information content (AvgIpc) is 2.92. The number of aromatic nitrogens is 2. The van der Waals surface area contributed by atoms with Crippen LogP contribution in [0.1, 0.15) is 37.0 Å². The summed E-state index contributed by atoms with van der Waals surface area (Å²) in [6.45, 7) is 5.31. The smallest absolute Gasteiger partial charge is 0.334 e. The van der Waals surface area contributed by atoms with Gasteiger partial charge in [0, 0.05) is 22.7 Å². The lowest BCUT2D eigenvalue weighted by Crippen LogP contribution is -2.27. The van der Waals surface area contributed by atoms with Crippen LogP contribution in [0.15, 0.2) is 45.8 Å². The van der Waals surface area contributed by atoms with Crippen LogP contribution in [0, 0.1) is 6.92 Å². The Morgan fingerprint density at radius 1 is 1.29 bits per heavy atom. The molecule has 7 nitrogen and oxygen atoms in total. The summed E-state index contributed by atoms with van der Waals surface area (Å²) in [6, 6.07) is 7.17. The molecule has 1 aromatic heterocycles. The molecule has 24 heavy (non-hydrogen) atoms. The molecule has 3 rings (SSSR count). The van der Waals surface area contributed by atoms with Crippen molar-refractivity contribution in [1.82, 2.24) is 15.5 Å². The predicted octanol–water partition coefficient (Wildman–Crippen LogP) is 2.44. The monoisotopic (exact) mass is 326 g/mol. The predicted molar refractivity (Wildman–Crippen MR) is 88.7 cm³/mol. The van der Waals surface area contributed by atoms with Crippen LogP contribution >= 0.6 is 0 Å². The number of nitrogens with one attached hydrogen (secondary N) is 1. The highest BCUT2D eigenvalue weighted by molar-refractivity contribution is 5.95. The van der Waals surface area contributed by atoms with Gasteiger partial charge in [0.05, 0.1) is 11.5 Å². The number of anilines is 1. The number of carbonyl (C=O) groups is 1. The average molecular weight is 326 g/mol. The minimum absolute atomic E-state index is 0.233. The highest BCUT2D eigenvalue weighted by Gasteiger charge is 2.36. The third kappa shape index (κ3) is 2.64. The Morgan fingerprint density at radius 2 is 2.04 bits per heavy atom. The van der Waals surface area contributed by atoms with Crippen LogP contribution < -0.4 is 11.1 Å². The molecular formula is C17H18N4O3. The van der Waals surface area contributed by atoms with Crippen LogP contribution in [0.25, 0.3) is 5.57 Å². The molecule has 0 radical (unpaired) electrons. The number of rotatable bonds is 3. The molecule has 0 aliphatic carbocycles. The van der Waals surface area contributed by atoms with E-state index in [-0.39, 0.29) is 5.57 Å². The minimum Gasteiger partial charge on any atom is -0.478 e. The third-order valence-electron chi connectivity index (χ3n) is 3.99. The van der Waals surface area contributed by atoms with Gasteiger partial charge in [-0.05, 0) is 38.5 Å². The Bertz CT molecular complexity index is 879. The quantitative estimate of drug-likeness (QED) is 0.742. The van der Waals surface area contributed by atoms with Gasteiger partial charge in [0.1, 0.15) is 0 Å². The van der Waals surface area contributed by atoms with Crippen molar-refractivity contribution in [3.63, 3.8) is 0 Å². The molecule has 1 aliphatic rings. The van der Waals surface area contributed by atoms with Crippen molar-refractivity contribution in [3.05, 3.63) is 58.5 Å². The van der Waals surface area contributed by atoms with E-state index in [1.165, 1.54) is 0 Å². The second kappa shape index (κ2) is 5.84. The van der Waals surface area contributed by atoms with Gasteiger partial charge in [-0.1, -0.05) is 17.3 Å². The fourth-order valence-electron chi connectivity index (χ4n) is 3.04. The number of hydrogen-bond acceptors (Lipinski definition) is 6. The summed E-state index contributed by atoms with van der Waals surface area (Å²) < 4.78 is 5.31. The van der Waals surface area contributed by atoms with Gasteiger partial charge < -0.3 is 20.7 Å². The summed E-state index contributed by atoms with van der Waals surface area (Å²) in [5.74, 6) is -0.767. The molecule has 7 heteroatoms. The van der Waals surface area contributed by atoms with Gasteiger partial charge in [0.15, 0.2) is 5.82 Å². The van der Waals surface area contributed by atoms with Gasteiger partial charge in [0.2, 0.25) is 0 Å². The summed E-state index contributed by atoms with van der Waals surface area (Å²) in [7, 11) is 0. The van der Waals surface area contributed by atoms with Crippen molar-refractivity contribution in [2.75, 3.05) is 5.73 Å². The molecular weight excluding hydrogens is 308 g/mol. The van der Waals surface area contributed by atoms with Gasteiger partial charge in [-0.2, -0.15) is 4.98 Å². The maximum Gasteiger partial charge on any atom is 0.334 e. The van der Waals surface area contributed by atoms with Crippen LogP contribution in [0.2, 0.25) is 0 Å². The molecule has 1 aliphatic heterocycles. The number of allylic oxidation sites excluding steroid dienone is 3. The van der Waals surface area contributed by atoms with Gasteiger partial charge in [-0.25, -0.2) is 4.79 Å². The van der Waals surface area contributed by atoms with Gasteiger partial charge in [-0.15, -0.1) is 0 Å².